The molecule has 0 aliphatic rings. The molecule has 0 radical (unpaired) electrons. The van der Waals surface area contributed by atoms with E-state index in [1.807, 2.05) is 6.92 Å². The predicted molar refractivity (Wildman–Crippen MR) is 54.4 cm³/mol. The second kappa shape index (κ2) is 7.13. The van der Waals surface area contributed by atoms with E-state index in [4.69, 9.17) is 5.11 Å². The Hall–Kier alpha value is -0.210. The zero-order valence-electron chi connectivity index (χ0n) is 8.79. The molecule has 2 N–H and O–H groups in total. The summed E-state index contributed by atoms with van der Waals surface area (Å²) in [6.45, 7) is 2.98. The second-order valence-electron chi connectivity index (χ2n) is 3.40. The molecule has 7 heteroatoms. The molecule has 92 valence electrons. The van der Waals surface area contributed by atoms with Gasteiger partial charge in [-0.3, -0.25) is 4.90 Å². The Bertz CT molecular complexity index is 248. The highest BCUT2D eigenvalue weighted by Crippen LogP contribution is 1.97. The van der Waals surface area contributed by atoms with Gasteiger partial charge >= 0.3 is 0 Å². The molecule has 0 spiro atoms. The Morgan fingerprint density at radius 1 is 1.40 bits per heavy atom. The van der Waals surface area contributed by atoms with Crippen LogP contribution in [0.5, 0.6) is 0 Å². The molecule has 0 heterocycles. The minimum absolute atomic E-state index is 0.0587. The number of rotatable bonds is 8. The summed E-state index contributed by atoms with van der Waals surface area (Å²) in [5.41, 5.74) is 0. The molecule has 0 bridgehead atoms. The number of hydrogen-bond donors (Lipinski definition) is 2. The molecule has 0 rings (SSSR count). The van der Waals surface area contributed by atoms with Crippen LogP contribution in [-0.2, 0) is 10.1 Å². The van der Waals surface area contributed by atoms with Crippen molar-refractivity contribution in [3.63, 3.8) is 0 Å². The zero-order chi connectivity index (χ0) is 11.9. The lowest BCUT2D eigenvalue weighted by atomic mass is 10.3. The predicted octanol–water partition coefficient (Wildman–Crippen LogP) is -1.40. The van der Waals surface area contributed by atoms with Crippen molar-refractivity contribution in [3.8, 4) is 0 Å². The SMILES string of the molecule is CCCN(CCO)CC(O)CS(=O)(=O)[O-]. The molecule has 15 heavy (non-hydrogen) atoms. The highest BCUT2D eigenvalue weighted by molar-refractivity contribution is 7.85. The molecule has 0 fully saturated rings. The van der Waals surface area contributed by atoms with E-state index < -0.39 is 22.0 Å². The lowest BCUT2D eigenvalue weighted by Gasteiger charge is -2.24. The molecule has 0 aromatic heterocycles. The van der Waals surface area contributed by atoms with E-state index in [-0.39, 0.29) is 13.2 Å². The van der Waals surface area contributed by atoms with Crippen molar-refractivity contribution in [2.75, 3.05) is 32.0 Å². The maximum Gasteiger partial charge on any atom is 0.0972 e. The Labute approximate surface area is 90.3 Å². The van der Waals surface area contributed by atoms with Gasteiger partial charge in [0.2, 0.25) is 0 Å². The number of nitrogens with zero attached hydrogens (tertiary/aromatic N) is 1. The van der Waals surface area contributed by atoms with Crippen molar-refractivity contribution in [1.82, 2.24) is 4.90 Å². The highest BCUT2D eigenvalue weighted by Gasteiger charge is 2.13. The second-order valence-corrected chi connectivity index (χ2v) is 4.85. The van der Waals surface area contributed by atoms with Gasteiger partial charge in [-0.15, -0.1) is 0 Å². The van der Waals surface area contributed by atoms with Crippen LogP contribution in [0.1, 0.15) is 13.3 Å². The van der Waals surface area contributed by atoms with Crippen molar-refractivity contribution in [1.29, 1.82) is 0 Å². The van der Waals surface area contributed by atoms with Crippen molar-refractivity contribution in [3.05, 3.63) is 0 Å². The summed E-state index contributed by atoms with van der Waals surface area (Å²) in [6, 6.07) is 0. The molecule has 0 aliphatic heterocycles. The van der Waals surface area contributed by atoms with Gasteiger partial charge < -0.3 is 14.8 Å². The van der Waals surface area contributed by atoms with Crippen molar-refractivity contribution >= 4 is 10.1 Å². The summed E-state index contributed by atoms with van der Waals surface area (Å²) >= 11 is 0. The van der Waals surface area contributed by atoms with Crippen LogP contribution in [0.4, 0.5) is 0 Å². The summed E-state index contributed by atoms with van der Waals surface area (Å²) in [7, 11) is -4.39. The summed E-state index contributed by atoms with van der Waals surface area (Å²) in [5, 5.41) is 18.0. The molecule has 0 aromatic rings. The van der Waals surface area contributed by atoms with E-state index in [0.29, 0.717) is 13.1 Å². The molecular weight excluding hydrogens is 222 g/mol. The topological polar surface area (TPSA) is 101 Å². The molecule has 0 amide bonds. The Kier molecular flexibility index (Phi) is 7.03. The normalized spacial score (nSPS) is 14.5. The summed E-state index contributed by atoms with van der Waals surface area (Å²) in [6.07, 6.45) is -0.359. The molecule has 0 saturated carbocycles. The molecule has 0 saturated heterocycles. The monoisotopic (exact) mass is 240 g/mol. The first-order valence-electron chi connectivity index (χ1n) is 4.84. The van der Waals surface area contributed by atoms with E-state index >= 15 is 0 Å². The Morgan fingerprint density at radius 3 is 2.40 bits per heavy atom. The van der Waals surface area contributed by atoms with E-state index in [1.54, 1.807) is 4.90 Å². The van der Waals surface area contributed by atoms with Crippen molar-refractivity contribution < 1.29 is 23.2 Å². The van der Waals surface area contributed by atoms with Gasteiger partial charge in [-0.2, -0.15) is 0 Å². The van der Waals surface area contributed by atoms with Gasteiger partial charge in [0.25, 0.3) is 0 Å². The number of aliphatic hydroxyl groups is 2. The van der Waals surface area contributed by atoms with Gasteiger partial charge in [0.05, 0.1) is 28.6 Å². The third-order valence-corrected chi connectivity index (χ3v) is 2.61. The fourth-order valence-corrected chi connectivity index (χ4v) is 1.92. The minimum atomic E-state index is -4.39. The fraction of sp³-hybridized carbons (Fsp3) is 1.00. The van der Waals surface area contributed by atoms with Gasteiger partial charge in [0, 0.05) is 13.1 Å². The number of aliphatic hydroxyl groups excluding tert-OH is 2. The molecule has 0 aromatic carbocycles. The largest absolute Gasteiger partial charge is 0.748 e. The van der Waals surface area contributed by atoms with Crippen LogP contribution in [0.2, 0.25) is 0 Å². The van der Waals surface area contributed by atoms with Crippen molar-refractivity contribution in [2.24, 2.45) is 0 Å². The molecule has 0 aliphatic carbocycles. The van der Waals surface area contributed by atoms with E-state index in [2.05, 4.69) is 0 Å². The molecule has 1 atom stereocenters. The van der Waals surface area contributed by atoms with E-state index in [1.165, 1.54) is 0 Å². The first-order valence-corrected chi connectivity index (χ1v) is 6.41. The average Bonchev–Trinajstić information content (AvgIpc) is 2.00. The van der Waals surface area contributed by atoms with E-state index in [9.17, 15) is 18.1 Å². The summed E-state index contributed by atoms with van der Waals surface area (Å²) < 4.78 is 31.1. The Balaban J connectivity index is 4.04. The minimum Gasteiger partial charge on any atom is -0.748 e. The van der Waals surface area contributed by atoms with Gasteiger partial charge in [-0.05, 0) is 13.0 Å². The van der Waals surface area contributed by atoms with Crippen LogP contribution in [0.15, 0.2) is 0 Å². The number of hydrogen-bond acceptors (Lipinski definition) is 6. The van der Waals surface area contributed by atoms with Crippen LogP contribution in [0.3, 0.4) is 0 Å². The van der Waals surface area contributed by atoms with Crippen molar-refractivity contribution in [2.45, 2.75) is 19.4 Å². The standard InChI is InChI=1S/C8H19NO5S/c1-2-3-9(4-5-10)6-8(11)7-15(12,13)14/h8,10-11H,2-7H2,1H3,(H,12,13,14)/p-1. The lowest BCUT2D eigenvalue weighted by Crippen LogP contribution is -2.38. The average molecular weight is 240 g/mol. The van der Waals surface area contributed by atoms with E-state index in [0.717, 1.165) is 6.42 Å². The fourth-order valence-electron chi connectivity index (χ4n) is 1.34. The smallest absolute Gasteiger partial charge is 0.0972 e. The van der Waals surface area contributed by atoms with Crippen LogP contribution < -0.4 is 0 Å². The van der Waals surface area contributed by atoms with Crippen LogP contribution >= 0.6 is 0 Å². The van der Waals surface area contributed by atoms with Gasteiger partial charge in [0.1, 0.15) is 0 Å². The zero-order valence-corrected chi connectivity index (χ0v) is 9.61. The van der Waals surface area contributed by atoms with Crippen LogP contribution in [0, 0.1) is 0 Å². The summed E-state index contributed by atoms with van der Waals surface area (Å²) in [4.78, 5) is 1.72. The summed E-state index contributed by atoms with van der Waals surface area (Å²) in [5.74, 6) is -0.779. The third-order valence-electron chi connectivity index (χ3n) is 1.82. The quantitative estimate of drug-likeness (QED) is 0.506. The molecule has 6 nitrogen and oxygen atoms in total. The van der Waals surface area contributed by atoms with Gasteiger partial charge in [0.15, 0.2) is 0 Å². The maximum atomic E-state index is 10.4. The Morgan fingerprint density at radius 2 is 2.00 bits per heavy atom. The molecule has 1 unspecified atom stereocenters. The molecular formula is C8H18NO5S-. The maximum absolute atomic E-state index is 10.4. The highest BCUT2D eigenvalue weighted by atomic mass is 32.2. The van der Waals surface area contributed by atoms with Crippen LogP contribution in [-0.4, -0.2) is 66.2 Å². The first-order chi connectivity index (χ1) is 6.89. The van der Waals surface area contributed by atoms with Gasteiger partial charge in [-0.25, -0.2) is 8.42 Å². The van der Waals surface area contributed by atoms with Gasteiger partial charge in [-0.1, -0.05) is 6.92 Å². The first kappa shape index (κ1) is 14.8. The lowest BCUT2D eigenvalue weighted by molar-refractivity contribution is 0.112. The van der Waals surface area contributed by atoms with Crippen LogP contribution in [0.25, 0.3) is 0 Å². The third kappa shape index (κ3) is 8.76.